The van der Waals surface area contributed by atoms with Crippen molar-refractivity contribution in [2.75, 3.05) is 12.4 Å². The molecule has 1 fully saturated rings. The van der Waals surface area contributed by atoms with Crippen LogP contribution in [0.1, 0.15) is 48.0 Å². The van der Waals surface area contributed by atoms with Gasteiger partial charge in [0.1, 0.15) is 5.56 Å². The largest absolute Gasteiger partial charge is 0.360 e. The maximum absolute atomic E-state index is 12.9. The molecule has 29 heavy (non-hydrogen) atoms. The second-order valence-electron chi connectivity index (χ2n) is 7.90. The van der Waals surface area contributed by atoms with Crippen LogP contribution >= 0.6 is 0 Å². The van der Waals surface area contributed by atoms with Gasteiger partial charge in [-0.1, -0.05) is 49.6 Å². The van der Waals surface area contributed by atoms with Crippen molar-refractivity contribution in [1.82, 2.24) is 9.88 Å². The van der Waals surface area contributed by atoms with E-state index in [1.54, 1.807) is 12.1 Å². The average Bonchev–Trinajstić information content (AvgIpc) is 2.76. The number of fused-ring (bicyclic) bond motifs is 1. The molecule has 0 spiro atoms. The molecule has 150 valence electrons. The van der Waals surface area contributed by atoms with Gasteiger partial charge in [-0.2, -0.15) is 0 Å². The summed E-state index contributed by atoms with van der Waals surface area (Å²) in [5, 5.41) is 3.47. The molecule has 1 amide bonds. The topological polar surface area (TPSA) is 65.2 Å². The second-order valence-corrected chi connectivity index (χ2v) is 7.90. The summed E-state index contributed by atoms with van der Waals surface area (Å²) in [6, 6.07) is 15.7. The van der Waals surface area contributed by atoms with Crippen LogP contribution in [0.5, 0.6) is 0 Å². The molecule has 2 aromatic carbocycles. The maximum Gasteiger partial charge on any atom is 0.261 e. The van der Waals surface area contributed by atoms with Crippen LogP contribution in [-0.4, -0.2) is 28.9 Å². The number of benzene rings is 2. The molecule has 0 aliphatic heterocycles. The van der Waals surface area contributed by atoms with E-state index in [0.29, 0.717) is 11.4 Å². The Labute approximate surface area is 170 Å². The zero-order valence-electron chi connectivity index (χ0n) is 16.8. The van der Waals surface area contributed by atoms with Gasteiger partial charge in [-0.15, -0.1) is 0 Å². The van der Waals surface area contributed by atoms with E-state index in [1.807, 2.05) is 36.4 Å². The van der Waals surface area contributed by atoms with Crippen molar-refractivity contribution in [1.29, 1.82) is 0 Å². The number of hydrogen-bond acceptors (Lipinski definition) is 3. The van der Waals surface area contributed by atoms with Crippen LogP contribution in [0.2, 0.25) is 0 Å². The number of carbonyl (C=O) groups excluding carboxylic acids is 1. The first-order valence-electron chi connectivity index (χ1n) is 10.3. The molecule has 0 unspecified atom stereocenters. The van der Waals surface area contributed by atoms with Gasteiger partial charge in [-0.3, -0.25) is 14.5 Å². The molecule has 5 nitrogen and oxygen atoms in total. The summed E-state index contributed by atoms with van der Waals surface area (Å²) in [6.07, 6.45) is 7.87. The fourth-order valence-corrected chi connectivity index (χ4v) is 4.23. The third-order valence-corrected chi connectivity index (χ3v) is 5.92. The molecular formula is C24H27N3O2. The zero-order chi connectivity index (χ0) is 20.2. The van der Waals surface area contributed by atoms with Crippen molar-refractivity contribution >= 4 is 22.5 Å². The third kappa shape index (κ3) is 4.25. The van der Waals surface area contributed by atoms with Crippen molar-refractivity contribution in [3.05, 3.63) is 76.1 Å². The Balaban J connectivity index is 1.55. The van der Waals surface area contributed by atoms with Crippen LogP contribution in [0, 0.1) is 0 Å². The Morgan fingerprint density at radius 1 is 1.07 bits per heavy atom. The Bertz CT molecular complexity index is 1070. The number of nitrogens with zero attached hydrogens (tertiary/aromatic N) is 1. The highest BCUT2D eigenvalue weighted by molar-refractivity contribution is 6.06. The number of nitrogens with one attached hydrogen (secondary N) is 2. The van der Waals surface area contributed by atoms with Crippen LogP contribution in [0.15, 0.2) is 59.5 Å². The predicted octanol–water partition coefficient (Wildman–Crippen LogP) is 4.54. The first-order valence-corrected chi connectivity index (χ1v) is 10.3. The van der Waals surface area contributed by atoms with E-state index in [4.69, 9.17) is 0 Å². The first-order chi connectivity index (χ1) is 14.1. The van der Waals surface area contributed by atoms with Crippen LogP contribution in [0.4, 0.5) is 5.69 Å². The van der Waals surface area contributed by atoms with Crippen molar-refractivity contribution in [2.45, 2.75) is 44.7 Å². The van der Waals surface area contributed by atoms with Gasteiger partial charge in [0.25, 0.3) is 5.91 Å². The Morgan fingerprint density at radius 3 is 2.62 bits per heavy atom. The maximum atomic E-state index is 12.9. The van der Waals surface area contributed by atoms with Crippen LogP contribution in [-0.2, 0) is 6.54 Å². The minimum Gasteiger partial charge on any atom is -0.360 e. The van der Waals surface area contributed by atoms with Gasteiger partial charge in [0.2, 0.25) is 5.43 Å². The van der Waals surface area contributed by atoms with E-state index in [0.717, 1.165) is 23.3 Å². The Hall–Kier alpha value is -2.92. The monoisotopic (exact) mass is 389 g/mol. The van der Waals surface area contributed by atoms with Crippen molar-refractivity contribution < 1.29 is 4.79 Å². The molecule has 1 saturated carbocycles. The van der Waals surface area contributed by atoms with Gasteiger partial charge in [-0.05, 0) is 43.7 Å². The third-order valence-electron chi connectivity index (χ3n) is 5.92. The second kappa shape index (κ2) is 8.62. The van der Waals surface area contributed by atoms with Gasteiger partial charge < -0.3 is 10.3 Å². The summed E-state index contributed by atoms with van der Waals surface area (Å²) in [7, 11) is 2.16. The predicted molar refractivity (Wildman–Crippen MR) is 117 cm³/mol. The van der Waals surface area contributed by atoms with Gasteiger partial charge in [-0.25, -0.2) is 0 Å². The van der Waals surface area contributed by atoms with E-state index in [-0.39, 0.29) is 16.9 Å². The average molecular weight is 389 g/mol. The number of anilines is 1. The number of rotatable bonds is 5. The number of para-hydroxylation sites is 2. The highest BCUT2D eigenvalue weighted by Gasteiger charge is 2.20. The highest BCUT2D eigenvalue weighted by Crippen LogP contribution is 2.25. The van der Waals surface area contributed by atoms with Gasteiger partial charge in [0, 0.05) is 35.4 Å². The molecule has 1 aromatic heterocycles. The Morgan fingerprint density at radius 2 is 1.79 bits per heavy atom. The fraction of sp³-hybridized carbons (Fsp3) is 0.333. The summed E-state index contributed by atoms with van der Waals surface area (Å²) in [6.45, 7) is 0.773. The molecule has 2 N–H and O–H groups in total. The molecule has 1 aliphatic carbocycles. The van der Waals surface area contributed by atoms with E-state index >= 15 is 0 Å². The lowest BCUT2D eigenvalue weighted by molar-refractivity contribution is 0.102. The minimum atomic E-state index is -0.384. The SMILES string of the molecule is CN(Cc1ccccc1NC(=O)c1c[nH]c2ccccc2c1=O)C1CCCCC1. The lowest BCUT2D eigenvalue weighted by atomic mass is 9.94. The van der Waals surface area contributed by atoms with Gasteiger partial charge in [0.15, 0.2) is 0 Å². The minimum absolute atomic E-state index is 0.124. The summed E-state index contributed by atoms with van der Waals surface area (Å²) in [5.41, 5.74) is 2.41. The highest BCUT2D eigenvalue weighted by atomic mass is 16.2. The van der Waals surface area contributed by atoms with Crippen molar-refractivity contribution in [2.24, 2.45) is 0 Å². The number of H-pyrrole nitrogens is 1. The number of aromatic nitrogens is 1. The van der Waals surface area contributed by atoms with Crippen molar-refractivity contribution in [3.8, 4) is 0 Å². The molecule has 0 bridgehead atoms. The molecular weight excluding hydrogens is 362 g/mol. The number of pyridine rings is 1. The first kappa shape index (κ1) is 19.4. The summed E-state index contributed by atoms with van der Waals surface area (Å²) >= 11 is 0. The van der Waals surface area contributed by atoms with Crippen LogP contribution < -0.4 is 10.7 Å². The smallest absolute Gasteiger partial charge is 0.261 e. The molecule has 4 rings (SSSR count). The van der Waals surface area contributed by atoms with Gasteiger partial charge >= 0.3 is 0 Å². The van der Waals surface area contributed by atoms with Crippen molar-refractivity contribution in [3.63, 3.8) is 0 Å². The summed E-state index contributed by atoms with van der Waals surface area (Å²) in [4.78, 5) is 31.0. The van der Waals surface area contributed by atoms with Crippen LogP contribution in [0.3, 0.4) is 0 Å². The zero-order valence-corrected chi connectivity index (χ0v) is 16.8. The molecule has 5 heteroatoms. The van der Waals surface area contributed by atoms with Crippen LogP contribution in [0.25, 0.3) is 10.9 Å². The van der Waals surface area contributed by atoms with E-state index in [9.17, 15) is 9.59 Å². The fourth-order valence-electron chi connectivity index (χ4n) is 4.23. The molecule has 1 heterocycles. The quantitative estimate of drug-likeness (QED) is 0.673. The molecule has 0 atom stereocenters. The summed E-state index contributed by atoms with van der Waals surface area (Å²) < 4.78 is 0. The normalized spacial score (nSPS) is 15.0. The molecule has 1 aliphatic rings. The Kier molecular flexibility index (Phi) is 5.76. The lowest BCUT2D eigenvalue weighted by Crippen LogP contribution is -2.33. The van der Waals surface area contributed by atoms with Gasteiger partial charge in [0.05, 0.1) is 0 Å². The lowest BCUT2D eigenvalue weighted by Gasteiger charge is -2.31. The standard InChI is InChI=1S/C24H27N3O2/c1-27(18-10-3-2-4-11-18)16-17-9-5-7-13-21(17)26-24(29)20-15-25-22-14-8-6-12-19(22)23(20)28/h5-9,12-15,18H,2-4,10-11,16H2,1H3,(H,25,28)(H,26,29). The molecule has 0 radical (unpaired) electrons. The van der Waals surface area contributed by atoms with E-state index in [2.05, 4.69) is 22.2 Å². The van der Waals surface area contributed by atoms with E-state index < -0.39 is 0 Å². The number of carbonyl (C=O) groups is 1. The number of aromatic amines is 1. The van der Waals surface area contributed by atoms with E-state index in [1.165, 1.54) is 38.3 Å². The summed E-state index contributed by atoms with van der Waals surface area (Å²) in [5.74, 6) is -0.384. The molecule has 3 aromatic rings. The number of hydrogen-bond donors (Lipinski definition) is 2. The number of amides is 1. The molecule has 0 saturated heterocycles.